The Morgan fingerprint density at radius 2 is 1.86 bits per heavy atom. The summed E-state index contributed by atoms with van der Waals surface area (Å²) in [5, 5.41) is 26.4. The highest BCUT2D eigenvalue weighted by molar-refractivity contribution is 5.93. The normalized spacial score (nSPS) is 11.4. The molecular weight excluding hydrogens is 468 g/mol. The van der Waals surface area contributed by atoms with Crippen molar-refractivity contribution in [1.29, 1.82) is 5.26 Å². The molecule has 9 heteroatoms. The molecule has 3 aromatic carbocycles. The zero-order valence-electron chi connectivity index (χ0n) is 20.2. The molecule has 0 saturated heterocycles. The zero-order valence-corrected chi connectivity index (χ0v) is 20.2. The molecule has 4 aromatic rings. The molecule has 0 fully saturated rings. The van der Waals surface area contributed by atoms with Gasteiger partial charge in [0.15, 0.2) is 6.04 Å². The third kappa shape index (κ3) is 6.13. The van der Waals surface area contributed by atoms with Crippen LogP contribution in [0.5, 0.6) is 0 Å². The summed E-state index contributed by atoms with van der Waals surface area (Å²) >= 11 is 0. The topological polar surface area (TPSA) is 144 Å². The van der Waals surface area contributed by atoms with Gasteiger partial charge < -0.3 is 26.4 Å². The molecule has 0 bridgehead atoms. The number of hydrogen-bond acceptors (Lipinski definition) is 6. The number of aliphatic carboxylic acids is 1. The van der Waals surface area contributed by atoms with Gasteiger partial charge in [-0.05, 0) is 65.4 Å². The molecule has 4 rings (SSSR count). The van der Waals surface area contributed by atoms with Crippen LogP contribution in [-0.4, -0.2) is 40.6 Å². The van der Waals surface area contributed by atoms with Crippen LogP contribution in [0.25, 0.3) is 10.8 Å². The molecule has 9 nitrogen and oxygen atoms in total. The van der Waals surface area contributed by atoms with Crippen molar-refractivity contribution < 1.29 is 14.7 Å². The number of benzene rings is 3. The Labute approximate surface area is 214 Å². The largest absolute Gasteiger partial charge is 0.479 e. The van der Waals surface area contributed by atoms with Crippen molar-refractivity contribution in [3.8, 4) is 6.07 Å². The molecular formula is C28H26N6O3. The van der Waals surface area contributed by atoms with Crippen molar-refractivity contribution in [1.82, 2.24) is 9.88 Å². The average Bonchev–Trinajstić information content (AvgIpc) is 2.90. The van der Waals surface area contributed by atoms with Crippen molar-refractivity contribution in [2.45, 2.75) is 12.5 Å². The van der Waals surface area contributed by atoms with Crippen molar-refractivity contribution in [3.63, 3.8) is 0 Å². The molecule has 0 saturated carbocycles. The summed E-state index contributed by atoms with van der Waals surface area (Å²) in [4.78, 5) is 30.1. The Morgan fingerprint density at radius 3 is 2.59 bits per heavy atom. The summed E-state index contributed by atoms with van der Waals surface area (Å²) in [6, 6.07) is 22.1. The van der Waals surface area contributed by atoms with Crippen LogP contribution in [0.15, 0.2) is 79.0 Å². The number of aromatic nitrogens is 1. The summed E-state index contributed by atoms with van der Waals surface area (Å²) < 4.78 is 0. The number of nitrogens with one attached hydrogen (secondary N) is 2. The second-order valence-corrected chi connectivity index (χ2v) is 8.58. The van der Waals surface area contributed by atoms with Crippen LogP contribution in [-0.2, 0) is 11.2 Å². The van der Waals surface area contributed by atoms with Gasteiger partial charge in [-0.15, -0.1) is 0 Å². The van der Waals surface area contributed by atoms with E-state index in [2.05, 4.69) is 15.6 Å². The Kier molecular flexibility index (Phi) is 7.50. The maximum absolute atomic E-state index is 12.5. The number of anilines is 3. The van der Waals surface area contributed by atoms with E-state index in [1.54, 1.807) is 60.6 Å². The molecule has 2 amide bonds. The summed E-state index contributed by atoms with van der Waals surface area (Å²) in [7, 11) is 1.69. The minimum absolute atomic E-state index is 0.283. The van der Waals surface area contributed by atoms with E-state index in [-0.39, 0.29) is 6.03 Å². The van der Waals surface area contributed by atoms with E-state index in [1.165, 1.54) is 0 Å². The number of carboxylic acid groups (broad SMARTS) is 1. The number of nitrogens with two attached hydrogens (primary N) is 1. The molecule has 1 unspecified atom stereocenters. The molecule has 1 aromatic heterocycles. The Morgan fingerprint density at radius 1 is 1.08 bits per heavy atom. The van der Waals surface area contributed by atoms with Crippen LogP contribution in [0, 0.1) is 11.3 Å². The van der Waals surface area contributed by atoms with Gasteiger partial charge in [-0.3, -0.25) is 0 Å². The first-order valence-electron chi connectivity index (χ1n) is 11.6. The molecule has 0 spiro atoms. The van der Waals surface area contributed by atoms with Gasteiger partial charge in [0.05, 0.1) is 11.6 Å². The summed E-state index contributed by atoms with van der Waals surface area (Å²) in [6.07, 6.45) is 2.20. The van der Waals surface area contributed by atoms with Crippen LogP contribution in [0.2, 0.25) is 0 Å². The first-order chi connectivity index (χ1) is 17.8. The zero-order chi connectivity index (χ0) is 26.4. The van der Waals surface area contributed by atoms with Gasteiger partial charge in [0, 0.05) is 36.6 Å². The summed E-state index contributed by atoms with van der Waals surface area (Å²) in [5.41, 5.74) is 9.16. The fourth-order valence-corrected chi connectivity index (χ4v) is 3.91. The lowest BCUT2D eigenvalue weighted by atomic mass is 10.0. The number of nitrogen functional groups attached to an aromatic ring is 1. The number of carbonyl (C=O) groups is 2. The lowest BCUT2D eigenvalue weighted by Gasteiger charge is -2.19. The molecule has 1 heterocycles. The van der Waals surface area contributed by atoms with E-state index >= 15 is 0 Å². The van der Waals surface area contributed by atoms with E-state index in [4.69, 9.17) is 11.0 Å². The first-order valence-corrected chi connectivity index (χ1v) is 11.6. The maximum atomic E-state index is 12.5. The number of urea groups is 1. The van der Waals surface area contributed by atoms with E-state index < -0.39 is 12.0 Å². The number of likely N-dealkylation sites (N-methyl/N-ethyl adjacent to an activating group) is 1. The molecule has 0 aliphatic heterocycles. The van der Waals surface area contributed by atoms with E-state index in [0.717, 1.165) is 16.3 Å². The van der Waals surface area contributed by atoms with Gasteiger partial charge in [-0.1, -0.05) is 30.3 Å². The Bertz CT molecular complexity index is 1480. The van der Waals surface area contributed by atoms with Crippen LogP contribution in [0.4, 0.5) is 22.0 Å². The van der Waals surface area contributed by atoms with Gasteiger partial charge in [-0.25, -0.2) is 14.6 Å². The number of pyridine rings is 1. The highest BCUT2D eigenvalue weighted by Crippen LogP contribution is 2.26. The number of amides is 2. The van der Waals surface area contributed by atoms with Gasteiger partial charge in [0.2, 0.25) is 0 Å². The fraction of sp³-hybridized carbons (Fsp3) is 0.143. The maximum Gasteiger partial charge on any atom is 0.330 e. The van der Waals surface area contributed by atoms with Crippen LogP contribution in [0.1, 0.15) is 22.7 Å². The fourth-order valence-electron chi connectivity index (χ4n) is 3.91. The molecule has 0 aliphatic carbocycles. The first kappa shape index (κ1) is 25.0. The standard InChI is InChI=1S/C28H26N6O3/c1-34(28(37)33-22-4-2-3-19(15-22)17-29)14-12-18-5-7-20(8-6-18)25(27(35)36)32-23-9-10-24-21(16-23)11-13-31-26(24)30/h2-11,13,15-16,25,32H,12,14H2,1H3,(H2,30,31)(H,33,37)(H,35,36). The predicted molar refractivity (Wildman–Crippen MR) is 143 cm³/mol. The molecule has 0 radical (unpaired) electrons. The number of fused-ring (bicyclic) bond motifs is 1. The van der Waals surface area contributed by atoms with Crippen molar-refractivity contribution >= 4 is 40.0 Å². The smallest absolute Gasteiger partial charge is 0.330 e. The number of nitriles is 1. The van der Waals surface area contributed by atoms with Gasteiger partial charge in [-0.2, -0.15) is 5.26 Å². The highest BCUT2D eigenvalue weighted by atomic mass is 16.4. The Hall–Kier alpha value is -5.10. The SMILES string of the molecule is CN(CCc1ccc(C(Nc2ccc3c(N)nccc3c2)C(=O)O)cc1)C(=O)Nc1cccc(C#N)c1. The number of carboxylic acids is 1. The van der Waals surface area contributed by atoms with Crippen LogP contribution in [0.3, 0.4) is 0 Å². The third-order valence-corrected chi connectivity index (χ3v) is 5.99. The minimum Gasteiger partial charge on any atom is -0.479 e. The molecule has 1 atom stereocenters. The Balaban J connectivity index is 1.37. The molecule has 0 aliphatic rings. The van der Waals surface area contributed by atoms with Gasteiger partial charge in [0.25, 0.3) is 0 Å². The monoisotopic (exact) mass is 494 g/mol. The van der Waals surface area contributed by atoms with Crippen molar-refractivity contribution in [3.05, 3.63) is 95.7 Å². The van der Waals surface area contributed by atoms with Crippen molar-refractivity contribution in [2.24, 2.45) is 0 Å². The number of hydrogen-bond donors (Lipinski definition) is 4. The van der Waals surface area contributed by atoms with Crippen LogP contribution >= 0.6 is 0 Å². The minimum atomic E-state index is -1.00. The van der Waals surface area contributed by atoms with Crippen LogP contribution < -0.4 is 16.4 Å². The number of rotatable bonds is 8. The highest BCUT2D eigenvalue weighted by Gasteiger charge is 2.20. The average molecular weight is 495 g/mol. The van der Waals surface area contributed by atoms with Crippen molar-refractivity contribution in [2.75, 3.05) is 30.0 Å². The van der Waals surface area contributed by atoms with Gasteiger partial charge >= 0.3 is 12.0 Å². The lowest BCUT2D eigenvalue weighted by molar-refractivity contribution is -0.138. The molecule has 186 valence electrons. The van der Waals surface area contributed by atoms with E-state index in [0.29, 0.717) is 41.3 Å². The number of nitrogens with zero attached hydrogens (tertiary/aromatic N) is 3. The summed E-state index contributed by atoms with van der Waals surface area (Å²) in [5.74, 6) is -0.579. The van der Waals surface area contributed by atoms with E-state index in [9.17, 15) is 14.7 Å². The van der Waals surface area contributed by atoms with Gasteiger partial charge in [0.1, 0.15) is 5.82 Å². The third-order valence-electron chi connectivity index (χ3n) is 5.99. The predicted octanol–water partition coefficient (Wildman–Crippen LogP) is 4.63. The second kappa shape index (κ2) is 11.1. The quantitative estimate of drug-likeness (QED) is 0.279. The second-order valence-electron chi connectivity index (χ2n) is 8.58. The lowest BCUT2D eigenvalue weighted by Crippen LogP contribution is -2.33. The van der Waals surface area contributed by atoms with E-state index in [1.807, 2.05) is 36.4 Å². The molecule has 37 heavy (non-hydrogen) atoms. The summed E-state index contributed by atoms with van der Waals surface area (Å²) in [6.45, 7) is 0.457. The number of carbonyl (C=O) groups excluding carboxylic acids is 1. The molecule has 5 N–H and O–H groups in total.